The summed E-state index contributed by atoms with van der Waals surface area (Å²) in [4.78, 5) is 11.4. The second-order valence-electron chi connectivity index (χ2n) is 4.85. The van der Waals surface area contributed by atoms with Crippen LogP contribution in [0.1, 0.15) is 26.3 Å². The molecule has 0 spiro atoms. The molecule has 0 aliphatic rings. The van der Waals surface area contributed by atoms with E-state index in [9.17, 15) is 13.2 Å². The van der Waals surface area contributed by atoms with Gasteiger partial charge in [0.25, 0.3) is 0 Å². The monoisotopic (exact) mass is 271 g/mol. The topological polar surface area (TPSA) is 72.5 Å². The highest BCUT2D eigenvalue weighted by molar-refractivity contribution is 7.89. The molecule has 0 saturated carbocycles. The van der Waals surface area contributed by atoms with Gasteiger partial charge in [0.15, 0.2) is 0 Å². The molecule has 0 radical (unpaired) electrons. The first-order valence-corrected chi connectivity index (χ1v) is 7.11. The van der Waals surface area contributed by atoms with Crippen LogP contribution < -0.4 is 4.72 Å². The second-order valence-corrected chi connectivity index (χ2v) is 6.57. The maximum Gasteiger partial charge on any atom is 0.421 e. The number of nitrogens with one attached hydrogen (secondary N) is 1. The van der Waals surface area contributed by atoms with E-state index in [0.29, 0.717) is 5.56 Å². The van der Waals surface area contributed by atoms with Crippen LogP contribution >= 0.6 is 0 Å². The molecule has 0 unspecified atom stereocenters. The number of ether oxygens (including phenoxy) is 1. The van der Waals surface area contributed by atoms with Gasteiger partial charge in [-0.05, 0) is 26.3 Å². The first-order valence-electron chi connectivity index (χ1n) is 5.45. The van der Waals surface area contributed by atoms with E-state index in [2.05, 4.69) is 0 Å². The van der Waals surface area contributed by atoms with E-state index in [1.54, 1.807) is 51.1 Å². The fourth-order valence-electron chi connectivity index (χ4n) is 1.26. The molecule has 0 fully saturated rings. The third-order valence-electron chi connectivity index (χ3n) is 1.84. The molecular weight excluding hydrogens is 254 g/mol. The van der Waals surface area contributed by atoms with Gasteiger partial charge in [-0.25, -0.2) is 17.9 Å². The molecule has 1 amide bonds. The van der Waals surface area contributed by atoms with Crippen molar-refractivity contribution in [2.24, 2.45) is 0 Å². The van der Waals surface area contributed by atoms with Crippen molar-refractivity contribution in [1.29, 1.82) is 0 Å². The zero-order valence-corrected chi connectivity index (χ0v) is 11.5. The molecule has 0 aliphatic carbocycles. The Kier molecular flexibility index (Phi) is 4.34. The number of carbonyl (C=O) groups is 1. The standard InChI is InChI=1S/C12H17NO4S/c1-12(2,3)17-11(14)13-18(15,16)9-10-7-5-4-6-8-10/h4-8H,9H2,1-3H3,(H,13,14). The van der Waals surface area contributed by atoms with Gasteiger partial charge in [-0.3, -0.25) is 0 Å². The van der Waals surface area contributed by atoms with E-state index >= 15 is 0 Å². The predicted molar refractivity (Wildman–Crippen MR) is 68.4 cm³/mol. The molecule has 0 aliphatic heterocycles. The summed E-state index contributed by atoms with van der Waals surface area (Å²) < 4.78 is 30.1. The lowest BCUT2D eigenvalue weighted by molar-refractivity contribution is 0.0570. The van der Waals surface area contributed by atoms with E-state index in [-0.39, 0.29) is 5.75 Å². The Morgan fingerprint density at radius 2 is 1.78 bits per heavy atom. The van der Waals surface area contributed by atoms with E-state index in [0.717, 1.165) is 0 Å². The van der Waals surface area contributed by atoms with Gasteiger partial charge in [0, 0.05) is 0 Å². The molecule has 1 N–H and O–H groups in total. The molecule has 0 aromatic heterocycles. The zero-order chi connectivity index (χ0) is 13.8. The lowest BCUT2D eigenvalue weighted by Gasteiger charge is -2.19. The molecule has 1 aromatic carbocycles. The largest absolute Gasteiger partial charge is 0.443 e. The maximum absolute atomic E-state index is 11.7. The molecule has 5 nitrogen and oxygen atoms in total. The normalized spacial score (nSPS) is 11.9. The van der Waals surface area contributed by atoms with Gasteiger partial charge in [-0.15, -0.1) is 0 Å². The van der Waals surface area contributed by atoms with Crippen molar-refractivity contribution in [3.63, 3.8) is 0 Å². The van der Waals surface area contributed by atoms with E-state index in [1.807, 2.05) is 4.72 Å². The molecule has 0 heterocycles. The van der Waals surface area contributed by atoms with E-state index in [1.165, 1.54) is 0 Å². The zero-order valence-electron chi connectivity index (χ0n) is 10.6. The number of carbonyl (C=O) groups excluding carboxylic acids is 1. The minimum atomic E-state index is -3.73. The van der Waals surface area contributed by atoms with Crippen LogP contribution in [-0.2, 0) is 20.5 Å². The average Bonchev–Trinajstić information content (AvgIpc) is 2.13. The Balaban J connectivity index is 2.63. The Morgan fingerprint density at radius 1 is 1.22 bits per heavy atom. The van der Waals surface area contributed by atoms with Crippen molar-refractivity contribution in [2.75, 3.05) is 0 Å². The average molecular weight is 271 g/mol. The number of rotatable bonds is 3. The first kappa shape index (κ1) is 14.5. The van der Waals surface area contributed by atoms with Crippen LogP contribution in [0.3, 0.4) is 0 Å². The minimum Gasteiger partial charge on any atom is -0.443 e. The van der Waals surface area contributed by atoms with Gasteiger partial charge in [0.1, 0.15) is 5.60 Å². The van der Waals surface area contributed by atoms with Crippen LogP contribution in [0.15, 0.2) is 30.3 Å². The highest BCUT2D eigenvalue weighted by Gasteiger charge is 2.21. The highest BCUT2D eigenvalue weighted by Crippen LogP contribution is 2.08. The maximum atomic E-state index is 11.7. The Bertz CT molecular complexity index is 503. The first-order chi connectivity index (χ1) is 8.18. The van der Waals surface area contributed by atoms with Crippen LogP contribution in [0.5, 0.6) is 0 Å². The quantitative estimate of drug-likeness (QED) is 0.913. The Morgan fingerprint density at radius 3 is 2.28 bits per heavy atom. The summed E-state index contributed by atoms with van der Waals surface area (Å²) >= 11 is 0. The SMILES string of the molecule is CC(C)(C)OC(=O)NS(=O)(=O)Cc1ccccc1. The van der Waals surface area contributed by atoms with Crippen molar-refractivity contribution >= 4 is 16.1 Å². The van der Waals surface area contributed by atoms with Crippen LogP contribution in [0, 0.1) is 0 Å². The van der Waals surface area contributed by atoms with Crippen LogP contribution in [0.25, 0.3) is 0 Å². The lowest BCUT2D eigenvalue weighted by Crippen LogP contribution is -2.36. The lowest BCUT2D eigenvalue weighted by atomic mass is 10.2. The summed E-state index contributed by atoms with van der Waals surface area (Å²) in [7, 11) is -3.73. The predicted octanol–water partition coefficient (Wildman–Crippen LogP) is 2.04. The van der Waals surface area contributed by atoms with Gasteiger partial charge >= 0.3 is 6.09 Å². The van der Waals surface area contributed by atoms with Gasteiger partial charge in [0.2, 0.25) is 10.0 Å². The Hall–Kier alpha value is -1.56. The molecule has 6 heteroatoms. The molecule has 1 aromatic rings. The number of benzene rings is 1. The minimum absolute atomic E-state index is 0.257. The third-order valence-corrected chi connectivity index (χ3v) is 3.03. The summed E-state index contributed by atoms with van der Waals surface area (Å²) in [6.45, 7) is 4.99. The smallest absolute Gasteiger partial charge is 0.421 e. The van der Waals surface area contributed by atoms with E-state index < -0.39 is 21.7 Å². The van der Waals surface area contributed by atoms with Crippen molar-refractivity contribution in [3.05, 3.63) is 35.9 Å². The summed E-state index contributed by atoms with van der Waals surface area (Å²) in [5.74, 6) is -0.257. The third kappa shape index (κ3) is 5.67. The molecular formula is C12H17NO4S. The number of hydrogen-bond donors (Lipinski definition) is 1. The number of sulfonamides is 1. The molecule has 0 saturated heterocycles. The van der Waals surface area contributed by atoms with Gasteiger partial charge in [-0.2, -0.15) is 0 Å². The van der Waals surface area contributed by atoms with Crippen LogP contribution in [-0.4, -0.2) is 20.1 Å². The summed E-state index contributed by atoms with van der Waals surface area (Å²) in [6.07, 6.45) is -0.960. The van der Waals surface area contributed by atoms with Crippen molar-refractivity contribution in [1.82, 2.24) is 4.72 Å². The van der Waals surface area contributed by atoms with Crippen molar-refractivity contribution in [3.8, 4) is 0 Å². The molecule has 18 heavy (non-hydrogen) atoms. The summed E-state index contributed by atoms with van der Waals surface area (Å²) in [5, 5.41) is 0. The summed E-state index contributed by atoms with van der Waals surface area (Å²) in [5.41, 5.74) is -0.125. The number of hydrogen-bond acceptors (Lipinski definition) is 4. The summed E-state index contributed by atoms with van der Waals surface area (Å²) in [6, 6.07) is 8.61. The van der Waals surface area contributed by atoms with Crippen LogP contribution in [0.2, 0.25) is 0 Å². The molecule has 1 rings (SSSR count). The fraction of sp³-hybridized carbons (Fsp3) is 0.417. The number of amides is 1. The van der Waals surface area contributed by atoms with Crippen molar-refractivity contribution < 1.29 is 17.9 Å². The van der Waals surface area contributed by atoms with E-state index in [4.69, 9.17) is 4.74 Å². The molecule has 0 atom stereocenters. The van der Waals surface area contributed by atoms with Gasteiger partial charge in [-0.1, -0.05) is 30.3 Å². The Labute approximate surface area is 107 Å². The second kappa shape index (κ2) is 5.39. The molecule has 0 bridgehead atoms. The van der Waals surface area contributed by atoms with Crippen molar-refractivity contribution in [2.45, 2.75) is 32.1 Å². The highest BCUT2D eigenvalue weighted by atomic mass is 32.2. The van der Waals surface area contributed by atoms with Gasteiger partial charge < -0.3 is 4.74 Å². The fourth-order valence-corrected chi connectivity index (χ4v) is 2.25. The van der Waals surface area contributed by atoms with Gasteiger partial charge in [0.05, 0.1) is 5.75 Å². The molecule has 100 valence electrons. The van der Waals surface area contributed by atoms with Crippen LogP contribution in [0.4, 0.5) is 4.79 Å².